The quantitative estimate of drug-likeness (QED) is 0.785. The number of halogens is 2. The molecule has 0 aliphatic rings. The second-order valence-corrected chi connectivity index (χ2v) is 6.84. The molecule has 5 heteroatoms. The topological polar surface area (TPSA) is 32.3 Å². The van der Waals surface area contributed by atoms with Gasteiger partial charge >= 0.3 is 0 Å². The SMILES string of the molecule is CC(NC(=O)CN(C)Cc1ccccc1Br)c1ccccc1Cl. The van der Waals surface area contributed by atoms with Crippen molar-refractivity contribution >= 4 is 33.4 Å². The van der Waals surface area contributed by atoms with Crippen molar-refractivity contribution in [1.29, 1.82) is 0 Å². The van der Waals surface area contributed by atoms with Crippen LogP contribution in [0.25, 0.3) is 0 Å². The number of rotatable bonds is 6. The molecule has 23 heavy (non-hydrogen) atoms. The summed E-state index contributed by atoms with van der Waals surface area (Å²) in [5, 5.41) is 3.66. The summed E-state index contributed by atoms with van der Waals surface area (Å²) in [6.07, 6.45) is 0. The molecule has 0 fully saturated rings. The fourth-order valence-electron chi connectivity index (χ4n) is 2.41. The van der Waals surface area contributed by atoms with Gasteiger partial charge in [-0.3, -0.25) is 9.69 Å². The van der Waals surface area contributed by atoms with Gasteiger partial charge in [-0.1, -0.05) is 63.9 Å². The molecule has 1 amide bonds. The summed E-state index contributed by atoms with van der Waals surface area (Å²) in [5.74, 6) is -0.0213. The predicted octanol–water partition coefficient (Wildman–Crippen LogP) is 4.41. The summed E-state index contributed by atoms with van der Waals surface area (Å²) in [5.41, 5.74) is 2.08. The van der Waals surface area contributed by atoms with E-state index in [1.807, 2.05) is 67.4 Å². The van der Waals surface area contributed by atoms with Gasteiger partial charge in [-0.2, -0.15) is 0 Å². The Morgan fingerprint density at radius 3 is 2.57 bits per heavy atom. The first kappa shape index (κ1) is 18.0. The van der Waals surface area contributed by atoms with Crippen LogP contribution < -0.4 is 5.32 Å². The zero-order valence-electron chi connectivity index (χ0n) is 13.2. The van der Waals surface area contributed by atoms with E-state index in [0.717, 1.165) is 15.6 Å². The van der Waals surface area contributed by atoms with Crippen LogP contribution in [0.15, 0.2) is 53.0 Å². The van der Waals surface area contributed by atoms with Crippen LogP contribution >= 0.6 is 27.5 Å². The number of likely N-dealkylation sites (N-methyl/N-ethyl adjacent to an activating group) is 1. The Morgan fingerprint density at radius 1 is 1.22 bits per heavy atom. The second-order valence-electron chi connectivity index (χ2n) is 5.57. The number of carbonyl (C=O) groups is 1. The molecule has 0 aliphatic carbocycles. The Bertz CT molecular complexity index is 678. The summed E-state index contributed by atoms with van der Waals surface area (Å²) >= 11 is 9.69. The van der Waals surface area contributed by atoms with Crippen LogP contribution in [0.2, 0.25) is 5.02 Å². The van der Waals surface area contributed by atoms with Gasteiger partial charge in [0.15, 0.2) is 0 Å². The molecule has 0 aromatic heterocycles. The van der Waals surface area contributed by atoms with E-state index < -0.39 is 0 Å². The Hall–Kier alpha value is -1.36. The van der Waals surface area contributed by atoms with Crippen molar-refractivity contribution in [3.8, 4) is 0 Å². The normalized spacial score (nSPS) is 12.2. The van der Waals surface area contributed by atoms with E-state index in [-0.39, 0.29) is 11.9 Å². The van der Waals surface area contributed by atoms with Crippen LogP contribution in [-0.4, -0.2) is 24.4 Å². The van der Waals surface area contributed by atoms with Gasteiger partial charge < -0.3 is 5.32 Å². The van der Waals surface area contributed by atoms with E-state index in [0.29, 0.717) is 18.1 Å². The number of hydrogen-bond donors (Lipinski definition) is 1. The monoisotopic (exact) mass is 394 g/mol. The highest BCUT2D eigenvalue weighted by molar-refractivity contribution is 9.10. The number of hydrogen-bond acceptors (Lipinski definition) is 2. The molecule has 2 rings (SSSR count). The average molecular weight is 396 g/mol. The second kappa shape index (κ2) is 8.48. The van der Waals surface area contributed by atoms with Crippen LogP contribution in [0, 0.1) is 0 Å². The predicted molar refractivity (Wildman–Crippen MR) is 98.5 cm³/mol. The summed E-state index contributed by atoms with van der Waals surface area (Å²) in [6, 6.07) is 15.5. The Labute approximate surface area is 150 Å². The minimum Gasteiger partial charge on any atom is -0.348 e. The average Bonchev–Trinajstić information content (AvgIpc) is 2.49. The van der Waals surface area contributed by atoms with Crippen molar-refractivity contribution in [2.75, 3.05) is 13.6 Å². The lowest BCUT2D eigenvalue weighted by molar-refractivity contribution is -0.122. The van der Waals surface area contributed by atoms with Gasteiger partial charge in [0.2, 0.25) is 5.91 Å². The van der Waals surface area contributed by atoms with Crippen molar-refractivity contribution < 1.29 is 4.79 Å². The summed E-state index contributed by atoms with van der Waals surface area (Å²) in [6.45, 7) is 2.97. The third-order valence-corrected chi connectivity index (χ3v) is 4.68. The molecule has 3 nitrogen and oxygen atoms in total. The zero-order chi connectivity index (χ0) is 16.8. The molecular weight excluding hydrogens is 376 g/mol. The first-order chi connectivity index (χ1) is 11.0. The minimum absolute atomic E-state index is 0.0213. The number of benzene rings is 2. The van der Waals surface area contributed by atoms with Crippen LogP contribution in [0.1, 0.15) is 24.1 Å². The summed E-state index contributed by atoms with van der Waals surface area (Å²) in [4.78, 5) is 14.2. The van der Waals surface area contributed by atoms with E-state index in [9.17, 15) is 4.79 Å². The maximum Gasteiger partial charge on any atom is 0.234 e. The molecule has 2 aromatic rings. The number of carbonyl (C=O) groups excluding carboxylic acids is 1. The lowest BCUT2D eigenvalue weighted by Crippen LogP contribution is -2.36. The molecule has 0 spiro atoms. The van der Waals surface area contributed by atoms with E-state index in [4.69, 9.17) is 11.6 Å². The third kappa shape index (κ3) is 5.34. The van der Waals surface area contributed by atoms with E-state index >= 15 is 0 Å². The molecule has 0 aliphatic heterocycles. The standard InChI is InChI=1S/C18H20BrClN2O/c1-13(15-8-4-6-10-17(15)20)21-18(23)12-22(2)11-14-7-3-5-9-16(14)19/h3-10,13H,11-12H2,1-2H3,(H,21,23). The molecule has 0 bridgehead atoms. The first-order valence-corrected chi connectivity index (χ1v) is 8.60. The Balaban J connectivity index is 1.89. The molecule has 1 atom stereocenters. The molecule has 0 heterocycles. The van der Waals surface area contributed by atoms with E-state index in [2.05, 4.69) is 21.2 Å². The largest absolute Gasteiger partial charge is 0.348 e. The molecule has 1 N–H and O–H groups in total. The number of nitrogens with zero attached hydrogens (tertiary/aromatic N) is 1. The third-order valence-electron chi connectivity index (χ3n) is 3.56. The fraction of sp³-hybridized carbons (Fsp3) is 0.278. The molecule has 0 saturated carbocycles. The molecule has 0 saturated heterocycles. The minimum atomic E-state index is -0.118. The van der Waals surface area contributed by atoms with Crippen molar-refractivity contribution in [3.63, 3.8) is 0 Å². The Morgan fingerprint density at radius 2 is 1.87 bits per heavy atom. The van der Waals surface area contributed by atoms with Crippen LogP contribution in [0.3, 0.4) is 0 Å². The first-order valence-electron chi connectivity index (χ1n) is 7.43. The highest BCUT2D eigenvalue weighted by Crippen LogP contribution is 2.22. The van der Waals surface area contributed by atoms with Gasteiger partial charge in [0.05, 0.1) is 12.6 Å². The van der Waals surface area contributed by atoms with Gasteiger partial charge in [0, 0.05) is 16.0 Å². The maximum absolute atomic E-state index is 12.2. The Kier molecular flexibility index (Phi) is 6.63. The molecule has 0 radical (unpaired) electrons. The van der Waals surface area contributed by atoms with Gasteiger partial charge in [-0.25, -0.2) is 0 Å². The van der Waals surface area contributed by atoms with E-state index in [1.165, 1.54) is 0 Å². The molecule has 122 valence electrons. The van der Waals surface area contributed by atoms with Crippen molar-refractivity contribution in [1.82, 2.24) is 10.2 Å². The smallest absolute Gasteiger partial charge is 0.234 e. The zero-order valence-corrected chi connectivity index (χ0v) is 15.6. The highest BCUT2D eigenvalue weighted by Gasteiger charge is 2.14. The van der Waals surface area contributed by atoms with Crippen LogP contribution in [0.5, 0.6) is 0 Å². The molecular formula is C18H20BrClN2O. The van der Waals surface area contributed by atoms with Crippen LogP contribution in [0.4, 0.5) is 0 Å². The van der Waals surface area contributed by atoms with Crippen molar-refractivity contribution in [2.45, 2.75) is 19.5 Å². The molecule has 2 aromatic carbocycles. The molecule has 1 unspecified atom stereocenters. The highest BCUT2D eigenvalue weighted by atomic mass is 79.9. The van der Waals surface area contributed by atoms with Gasteiger partial charge in [0.1, 0.15) is 0 Å². The van der Waals surface area contributed by atoms with Crippen molar-refractivity contribution in [3.05, 3.63) is 69.2 Å². The fourth-order valence-corrected chi connectivity index (χ4v) is 3.12. The van der Waals surface area contributed by atoms with Crippen LogP contribution in [-0.2, 0) is 11.3 Å². The van der Waals surface area contributed by atoms with Gasteiger partial charge in [-0.15, -0.1) is 0 Å². The lowest BCUT2D eigenvalue weighted by Gasteiger charge is -2.20. The maximum atomic E-state index is 12.2. The van der Waals surface area contributed by atoms with Gasteiger partial charge in [0.25, 0.3) is 0 Å². The number of amides is 1. The number of nitrogens with one attached hydrogen (secondary N) is 1. The van der Waals surface area contributed by atoms with Crippen molar-refractivity contribution in [2.24, 2.45) is 0 Å². The summed E-state index contributed by atoms with van der Waals surface area (Å²) < 4.78 is 1.05. The van der Waals surface area contributed by atoms with E-state index in [1.54, 1.807) is 0 Å². The lowest BCUT2D eigenvalue weighted by atomic mass is 10.1. The van der Waals surface area contributed by atoms with Gasteiger partial charge in [-0.05, 0) is 37.2 Å². The summed E-state index contributed by atoms with van der Waals surface area (Å²) in [7, 11) is 1.93.